The minimum absolute atomic E-state index is 0.113. The molecule has 0 unspecified atom stereocenters. The van der Waals surface area contributed by atoms with Gasteiger partial charge in [-0.15, -0.1) is 0 Å². The molecule has 5 heteroatoms. The van der Waals surface area contributed by atoms with Crippen LogP contribution in [0.3, 0.4) is 0 Å². The molecule has 1 amide bonds. The number of carbonyl (C=O) groups excluding carboxylic acids is 1. The van der Waals surface area contributed by atoms with Gasteiger partial charge in [-0.05, 0) is 80.7 Å². The third kappa shape index (κ3) is 4.95. The summed E-state index contributed by atoms with van der Waals surface area (Å²) in [6.07, 6.45) is 1.39. The standard InChI is InChI=1S/C22H26N2O3/c1-15-6-7-19(12-16(15)2)21(25)23-20-5-3-4-17(13-20)14-24-10-8-18(9-11-24)22(26)27/h3-7,12-13,18H,8-11,14H2,1-2H3,(H,23,25)(H,26,27). The van der Waals surface area contributed by atoms with Crippen molar-refractivity contribution in [3.05, 3.63) is 64.7 Å². The molecule has 1 saturated heterocycles. The van der Waals surface area contributed by atoms with Crippen LogP contribution >= 0.6 is 0 Å². The third-order valence-electron chi connectivity index (χ3n) is 5.30. The first-order valence-corrected chi connectivity index (χ1v) is 9.35. The molecular formula is C22H26N2O3. The molecule has 1 aliphatic heterocycles. The van der Waals surface area contributed by atoms with E-state index in [1.807, 2.05) is 56.3 Å². The number of carbonyl (C=O) groups is 2. The zero-order chi connectivity index (χ0) is 19.4. The number of anilines is 1. The maximum atomic E-state index is 12.5. The second-order valence-electron chi connectivity index (χ2n) is 7.34. The summed E-state index contributed by atoms with van der Waals surface area (Å²) in [5, 5.41) is 12.1. The predicted molar refractivity (Wildman–Crippen MR) is 106 cm³/mol. The van der Waals surface area contributed by atoms with E-state index in [0.717, 1.165) is 36.4 Å². The van der Waals surface area contributed by atoms with Gasteiger partial charge < -0.3 is 10.4 Å². The highest BCUT2D eigenvalue weighted by Crippen LogP contribution is 2.21. The molecule has 1 fully saturated rings. The van der Waals surface area contributed by atoms with E-state index in [0.29, 0.717) is 18.4 Å². The fourth-order valence-electron chi connectivity index (χ4n) is 3.43. The molecule has 0 saturated carbocycles. The molecule has 5 nitrogen and oxygen atoms in total. The van der Waals surface area contributed by atoms with E-state index in [1.165, 1.54) is 5.56 Å². The molecule has 0 atom stereocenters. The molecule has 1 aliphatic rings. The zero-order valence-electron chi connectivity index (χ0n) is 15.9. The molecular weight excluding hydrogens is 340 g/mol. The van der Waals surface area contributed by atoms with Crippen LogP contribution in [0.2, 0.25) is 0 Å². The number of benzene rings is 2. The number of hydrogen-bond donors (Lipinski definition) is 2. The first-order chi connectivity index (χ1) is 12.9. The van der Waals surface area contributed by atoms with Crippen LogP contribution in [0.25, 0.3) is 0 Å². The van der Waals surface area contributed by atoms with Gasteiger partial charge in [0.15, 0.2) is 0 Å². The Labute approximate surface area is 160 Å². The molecule has 27 heavy (non-hydrogen) atoms. The fourth-order valence-corrected chi connectivity index (χ4v) is 3.43. The van der Waals surface area contributed by atoms with Crippen molar-refractivity contribution in [1.29, 1.82) is 0 Å². The van der Waals surface area contributed by atoms with Crippen molar-refractivity contribution in [3.8, 4) is 0 Å². The maximum absolute atomic E-state index is 12.5. The highest BCUT2D eigenvalue weighted by atomic mass is 16.4. The van der Waals surface area contributed by atoms with Gasteiger partial charge in [0.05, 0.1) is 5.92 Å². The Balaban J connectivity index is 1.61. The Morgan fingerprint density at radius 1 is 1.07 bits per heavy atom. The number of aliphatic carboxylic acids is 1. The number of carboxylic acid groups (broad SMARTS) is 1. The first-order valence-electron chi connectivity index (χ1n) is 9.35. The smallest absolute Gasteiger partial charge is 0.306 e. The van der Waals surface area contributed by atoms with Crippen LogP contribution in [0.1, 0.15) is 39.9 Å². The summed E-state index contributed by atoms with van der Waals surface area (Å²) in [4.78, 5) is 25.8. The van der Waals surface area contributed by atoms with Crippen molar-refractivity contribution >= 4 is 17.6 Å². The molecule has 2 aromatic rings. The van der Waals surface area contributed by atoms with Crippen LogP contribution in [0.15, 0.2) is 42.5 Å². The summed E-state index contributed by atoms with van der Waals surface area (Å²) >= 11 is 0. The summed E-state index contributed by atoms with van der Waals surface area (Å²) in [5.41, 5.74) is 4.80. The number of likely N-dealkylation sites (tertiary alicyclic amines) is 1. The van der Waals surface area contributed by atoms with Gasteiger partial charge >= 0.3 is 5.97 Å². The number of nitrogens with zero attached hydrogens (tertiary/aromatic N) is 1. The van der Waals surface area contributed by atoms with Gasteiger partial charge in [-0.2, -0.15) is 0 Å². The van der Waals surface area contributed by atoms with Crippen LogP contribution in [-0.4, -0.2) is 35.0 Å². The van der Waals surface area contributed by atoms with Crippen LogP contribution in [0, 0.1) is 19.8 Å². The summed E-state index contributed by atoms with van der Waals surface area (Å²) in [6.45, 7) is 6.37. The SMILES string of the molecule is Cc1ccc(C(=O)Nc2cccc(CN3CCC(C(=O)O)CC3)c2)cc1C. The van der Waals surface area contributed by atoms with E-state index in [9.17, 15) is 9.59 Å². The normalized spacial score (nSPS) is 15.5. The number of carboxylic acids is 1. The Kier molecular flexibility index (Phi) is 5.91. The average Bonchev–Trinajstić information content (AvgIpc) is 2.64. The largest absolute Gasteiger partial charge is 0.481 e. The molecule has 0 aromatic heterocycles. The van der Waals surface area contributed by atoms with E-state index in [-0.39, 0.29) is 11.8 Å². The van der Waals surface area contributed by atoms with Gasteiger partial charge in [0.1, 0.15) is 0 Å². The van der Waals surface area contributed by atoms with Crippen molar-refractivity contribution in [3.63, 3.8) is 0 Å². The molecule has 0 spiro atoms. The monoisotopic (exact) mass is 366 g/mol. The highest BCUT2D eigenvalue weighted by Gasteiger charge is 2.24. The Bertz CT molecular complexity index is 839. The number of rotatable bonds is 5. The van der Waals surface area contributed by atoms with E-state index in [1.54, 1.807) is 0 Å². The topological polar surface area (TPSA) is 69.6 Å². The van der Waals surface area contributed by atoms with Crippen LogP contribution < -0.4 is 5.32 Å². The summed E-state index contributed by atoms with van der Waals surface area (Å²) in [6, 6.07) is 13.6. The molecule has 2 aromatic carbocycles. The molecule has 142 valence electrons. The van der Waals surface area contributed by atoms with Gasteiger partial charge in [0.25, 0.3) is 5.91 Å². The van der Waals surface area contributed by atoms with Crippen molar-refractivity contribution in [2.24, 2.45) is 5.92 Å². The van der Waals surface area contributed by atoms with Crippen LogP contribution in [-0.2, 0) is 11.3 Å². The van der Waals surface area contributed by atoms with Gasteiger partial charge in [-0.25, -0.2) is 0 Å². The number of hydrogen-bond acceptors (Lipinski definition) is 3. The van der Waals surface area contributed by atoms with E-state index >= 15 is 0 Å². The number of amides is 1. The first kappa shape index (κ1) is 19.1. The molecule has 0 bridgehead atoms. The summed E-state index contributed by atoms with van der Waals surface area (Å²) < 4.78 is 0. The van der Waals surface area contributed by atoms with Crippen molar-refractivity contribution < 1.29 is 14.7 Å². The average molecular weight is 366 g/mol. The lowest BCUT2D eigenvalue weighted by Crippen LogP contribution is -2.35. The van der Waals surface area contributed by atoms with Crippen LogP contribution in [0.5, 0.6) is 0 Å². The fraction of sp³-hybridized carbons (Fsp3) is 0.364. The molecule has 1 heterocycles. The van der Waals surface area contributed by atoms with Gasteiger partial charge in [-0.1, -0.05) is 18.2 Å². The Hall–Kier alpha value is -2.66. The Morgan fingerprint density at radius 3 is 2.48 bits per heavy atom. The molecule has 0 aliphatic carbocycles. The predicted octanol–water partition coefficient (Wildman–Crippen LogP) is 3.85. The number of piperidine rings is 1. The zero-order valence-corrected chi connectivity index (χ0v) is 15.9. The van der Waals surface area contributed by atoms with Crippen molar-refractivity contribution in [2.45, 2.75) is 33.2 Å². The highest BCUT2D eigenvalue weighted by molar-refractivity contribution is 6.04. The minimum Gasteiger partial charge on any atom is -0.481 e. The maximum Gasteiger partial charge on any atom is 0.306 e. The second kappa shape index (κ2) is 8.35. The van der Waals surface area contributed by atoms with Gasteiger partial charge in [0.2, 0.25) is 0 Å². The molecule has 0 radical (unpaired) electrons. The van der Waals surface area contributed by atoms with E-state index in [2.05, 4.69) is 10.2 Å². The van der Waals surface area contributed by atoms with Gasteiger partial charge in [0, 0.05) is 17.8 Å². The third-order valence-corrected chi connectivity index (χ3v) is 5.30. The summed E-state index contributed by atoms with van der Waals surface area (Å²) in [7, 11) is 0. The van der Waals surface area contributed by atoms with Crippen molar-refractivity contribution in [2.75, 3.05) is 18.4 Å². The van der Waals surface area contributed by atoms with E-state index in [4.69, 9.17) is 5.11 Å². The van der Waals surface area contributed by atoms with Crippen molar-refractivity contribution in [1.82, 2.24) is 4.90 Å². The minimum atomic E-state index is -0.689. The lowest BCUT2D eigenvalue weighted by molar-refractivity contribution is -0.143. The Morgan fingerprint density at radius 2 is 1.81 bits per heavy atom. The summed E-state index contributed by atoms with van der Waals surface area (Å²) in [5.74, 6) is -1.02. The second-order valence-corrected chi connectivity index (χ2v) is 7.34. The quantitative estimate of drug-likeness (QED) is 0.843. The number of aryl methyl sites for hydroxylation is 2. The molecule has 2 N–H and O–H groups in total. The van der Waals surface area contributed by atoms with Crippen LogP contribution in [0.4, 0.5) is 5.69 Å². The number of nitrogens with one attached hydrogen (secondary N) is 1. The van der Waals surface area contributed by atoms with Gasteiger partial charge in [-0.3, -0.25) is 14.5 Å². The van der Waals surface area contributed by atoms with E-state index < -0.39 is 5.97 Å². The lowest BCUT2D eigenvalue weighted by atomic mass is 9.97. The molecule has 3 rings (SSSR count). The lowest BCUT2D eigenvalue weighted by Gasteiger charge is -2.30.